The normalized spacial score (nSPS) is 15.3. The SMILES string of the molecule is Cc1nc2nn(CCCCN3CCN(C)CC3)cc2cc1-n1nc(-c2cccc3nn(C[C@H](O)c4ccccc4)cc23)c(C(C)C)c1C. The summed E-state index contributed by atoms with van der Waals surface area (Å²) in [7, 11) is 2.20. The molecule has 0 amide bonds. The minimum Gasteiger partial charge on any atom is -0.386 e. The van der Waals surface area contributed by atoms with Crippen LogP contribution in [0.5, 0.6) is 0 Å². The van der Waals surface area contributed by atoms with Gasteiger partial charge in [-0.1, -0.05) is 56.3 Å². The molecule has 0 bridgehead atoms. The van der Waals surface area contributed by atoms with Gasteiger partial charge >= 0.3 is 0 Å². The topological polar surface area (TPSA) is 93.1 Å². The van der Waals surface area contributed by atoms with Gasteiger partial charge in [0.05, 0.1) is 35.2 Å². The summed E-state index contributed by atoms with van der Waals surface area (Å²) >= 11 is 0. The summed E-state index contributed by atoms with van der Waals surface area (Å²) in [4.78, 5) is 9.92. The second kappa shape index (κ2) is 13.6. The molecular weight excluding hydrogens is 598 g/mol. The Morgan fingerprint density at radius 1 is 0.833 bits per heavy atom. The van der Waals surface area contributed by atoms with Crippen LogP contribution in [0.25, 0.3) is 38.9 Å². The summed E-state index contributed by atoms with van der Waals surface area (Å²) in [6, 6.07) is 18.1. The second-order valence-electron chi connectivity index (χ2n) is 13.7. The highest BCUT2D eigenvalue weighted by atomic mass is 16.3. The number of aromatic nitrogens is 7. The Morgan fingerprint density at radius 2 is 1.60 bits per heavy atom. The van der Waals surface area contributed by atoms with Gasteiger partial charge in [0.25, 0.3) is 0 Å². The molecule has 5 heterocycles. The maximum atomic E-state index is 10.9. The Balaban J connectivity index is 1.15. The second-order valence-corrected chi connectivity index (χ2v) is 13.7. The van der Waals surface area contributed by atoms with Crippen molar-refractivity contribution in [3.8, 4) is 16.9 Å². The number of rotatable bonds is 11. The van der Waals surface area contributed by atoms with Gasteiger partial charge in [0.2, 0.25) is 0 Å². The molecular formula is C38H47N9O. The fourth-order valence-electron chi connectivity index (χ4n) is 7.08. The number of fused-ring (bicyclic) bond motifs is 2. The third kappa shape index (κ3) is 6.52. The Labute approximate surface area is 282 Å². The van der Waals surface area contributed by atoms with Crippen LogP contribution in [0.2, 0.25) is 0 Å². The zero-order chi connectivity index (χ0) is 33.4. The highest BCUT2D eigenvalue weighted by Crippen LogP contribution is 2.37. The van der Waals surface area contributed by atoms with Crippen molar-refractivity contribution < 1.29 is 5.11 Å². The van der Waals surface area contributed by atoms with Crippen molar-refractivity contribution in [3.63, 3.8) is 0 Å². The molecule has 1 fully saturated rings. The van der Waals surface area contributed by atoms with E-state index >= 15 is 0 Å². The summed E-state index contributed by atoms with van der Waals surface area (Å²) < 4.78 is 5.96. The van der Waals surface area contributed by atoms with E-state index in [2.05, 4.69) is 65.3 Å². The van der Waals surface area contributed by atoms with Gasteiger partial charge in [-0.25, -0.2) is 9.67 Å². The Bertz CT molecular complexity index is 2010. The number of hydrogen-bond donors (Lipinski definition) is 1. The molecule has 0 aliphatic carbocycles. The third-order valence-electron chi connectivity index (χ3n) is 9.78. The maximum Gasteiger partial charge on any atom is 0.181 e. The Morgan fingerprint density at radius 3 is 2.38 bits per heavy atom. The predicted molar refractivity (Wildman–Crippen MR) is 192 cm³/mol. The first-order chi connectivity index (χ1) is 23.2. The van der Waals surface area contributed by atoms with Gasteiger partial charge in [-0.2, -0.15) is 15.3 Å². The van der Waals surface area contributed by atoms with Crippen LogP contribution in [0.4, 0.5) is 0 Å². The molecule has 1 aliphatic rings. The van der Waals surface area contributed by atoms with Crippen LogP contribution < -0.4 is 0 Å². The molecule has 10 heteroatoms. The van der Waals surface area contributed by atoms with Crippen molar-refractivity contribution in [2.75, 3.05) is 39.8 Å². The molecule has 0 saturated carbocycles. The zero-order valence-electron chi connectivity index (χ0n) is 28.8. The van der Waals surface area contributed by atoms with E-state index < -0.39 is 6.10 Å². The summed E-state index contributed by atoms with van der Waals surface area (Å²) in [5.74, 6) is 0.254. The quantitative estimate of drug-likeness (QED) is 0.169. The molecule has 1 N–H and O–H groups in total. The standard InChI is InChI=1S/C38H47N9O/c1-26(2)36-28(4)47(34-22-30-23-45(42-38(30)39-27(34)3)17-10-9-16-44-20-18-43(5)19-21-44)41-37(36)31-14-11-15-33-32(31)24-46(40-33)25-35(48)29-12-7-6-8-13-29/h6-8,11-15,22-24,26,35,48H,9-10,16-21,25H2,1-5H3/t35-/m0/s1. The van der Waals surface area contributed by atoms with Crippen LogP contribution >= 0.6 is 0 Å². The van der Waals surface area contributed by atoms with Gasteiger partial charge in [-0.3, -0.25) is 9.36 Å². The highest BCUT2D eigenvalue weighted by Gasteiger charge is 2.24. The van der Waals surface area contributed by atoms with Crippen LogP contribution in [0.15, 0.2) is 67.0 Å². The molecule has 48 heavy (non-hydrogen) atoms. The summed E-state index contributed by atoms with van der Waals surface area (Å²) in [6.45, 7) is 15.7. The number of pyridine rings is 1. The maximum absolute atomic E-state index is 10.9. The molecule has 0 unspecified atom stereocenters. The number of hydrogen-bond acceptors (Lipinski definition) is 7. The first-order valence-corrected chi connectivity index (χ1v) is 17.3. The summed E-state index contributed by atoms with van der Waals surface area (Å²) in [6.07, 6.45) is 5.79. The lowest BCUT2D eigenvalue weighted by Crippen LogP contribution is -2.44. The monoisotopic (exact) mass is 645 g/mol. The summed E-state index contributed by atoms with van der Waals surface area (Å²) in [5.41, 5.74) is 8.69. The molecule has 10 nitrogen and oxygen atoms in total. The number of piperazine rings is 1. The molecule has 1 saturated heterocycles. The largest absolute Gasteiger partial charge is 0.386 e. The van der Waals surface area contributed by atoms with E-state index in [0.29, 0.717) is 6.54 Å². The molecule has 0 radical (unpaired) electrons. The van der Waals surface area contributed by atoms with Crippen molar-refractivity contribution in [3.05, 3.63) is 89.5 Å². The lowest BCUT2D eigenvalue weighted by atomic mass is 9.95. The average Bonchev–Trinajstić information content (AvgIpc) is 3.78. The smallest absolute Gasteiger partial charge is 0.181 e. The fourth-order valence-corrected chi connectivity index (χ4v) is 7.08. The molecule has 1 atom stereocenters. The predicted octanol–water partition coefficient (Wildman–Crippen LogP) is 6.14. The van der Waals surface area contributed by atoms with Crippen LogP contribution in [0.3, 0.4) is 0 Å². The average molecular weight is 646 g/mol. The molecule has 0 spiro atoms. The molecule has 250 valence electrons. The lowest BCUT2D eigenvalue weighted by Gasteiger charge is -2.32. The number of unbranched alkanes of at least 4 members (excludes halogenated alkanes) is 1. The van der Waals surface area contributed by atoms with Gasteiger partial charge in [0.1, 0.15) is 0 Å². The van der Waals surface area contributed by atoms with Gasteiger partial charge in [-0.15, -0.1) is 0 Å². The van der Waals surface area contributed by atoms with Crippen molar-refractivity contribution in [2.45, 2.75) is 65.6 Å². The molecule has 7 rings (SSSR count). The van der Waals surface area contributed by atoms with Gasteiger partial charge < -0.3 is 14.9 Å². The summed E-state index contributed by atoms with van der Waals surface area (Å²) in [5, 5.41) is 27.9. The number of benzene rings is 2. The third-order valence-corrected chi connectivity index (χ3v) is 9.78. The molecule has 4 aromatic heterocycles. The van der Waals surface area contributed by atoms with E-state index in [4.69, 9.17) is 20.3 Å². The van der Waals surface area contributed by atoms with Crippen LogP contribution in [0, 0.1) is 13.8 Å². The molecule has 1 aliphatic heterocycles. The number of aliphatic hydroxyl groups excluding tert-OH is 1. The number of aliphatic hydroxyl groups is 1. The van der Waals surface area contributed by atoms with Gasteiger partial charge in [-0.05, 0) is 63.9 Å². The van der Waals surface area contributed by atoms with Crippen molar-refractivity contribution in [1.82, 2.24) is 44.1 Å². The van der Waals surface area contributed by atoms with Gasteiger partial charge in [0, 0.05) is 72.7 Å². The first-order valence-electron chi connectivity index (χ1n) is 17.3. The van der Waals surface area contributed by atoms with Crippen LogP contribution in [0.1, 0.15) is 61.2 Å². The number of aryl methyl sites for hydroxylation is 2. The zero-order valence-corrected chi connectivity index (χ0v) is 28.8. The van der Waals surface area contributed by atoms with E-state index in [-0.39, 0.29) is 5.92 Å². The van der Waals surface area contributed by atoms with Crippen molar-refractivity contribution >= 4 is 21.9 Å². The Hall–Kier alpha value is -4.38. The van der Waals surface area contributed by atoms with Crippen molar-refractivity contribution in [2.24, 2.45) is 0 Å². The minimum atomic E-state index is -0.645. The number of likely N-dealkylation sites (N-methyl/N-ethyl adjacent to an activating group) is 1. The molecule has 6 aromatic rings. The van der Waals surface area contributed by atoms with Gasteiger partial charge in [0.15, 0.2) is 5.65 Å². The highest BCUT2D eigenvalue weighted by molar-refractivity contribution is 5.94. The van der Waals surface area contributed by atoms with E-state index in [1.165, 1.54) is 25.1 Å². The van der Waals surface area contributed by atoms with Crippen molar-refractivity contribution in [1.29, 1.82) is 0 Å². The molecule has 2 aromatic carbocycles. The van der Waals surface area contributed by atoms with E-state index in [1.807, 2.05) is 60.3 Å². The van der Waals surface area contributed by atoms with E-state index in [0.717, 1.165) is 88.4 Å². The first kappa shape index (κ1) is 32.2. The lowest BCUT2D eigenvalue weighted by molar-refractivity contribution is 0.151. The number of nitrogens with zero attached hydrogens (tertiary/aromatic N) is 9. The fraction of sp³-hybridized carbons (Fsp3) is 0.421. The van der Waals surface area contributed by atoms with E-state index in [9.17, 15) is 5.11 Å². The van der Waals surface area contributed by atoms with Crippen LogP contribution in [-0.4, -0.2) is 89.0 Å². The van der Waals surface area contributed by atoms with E-state index in [1.54, 1.807) is 0 Å². The van der Waals surface area contributed by atoms with Crippen LogP contribution in [-0.2, 0) is 13.1 Å². The Kier molecular flexibility index (Phi) is 9.13. The minimum absolute atomic E-state index is 0.254.